The first-order chi connectivity index (χ1) is 16.0. The van der Waals surface area contributed by atoms with Crippen LogP contribution >= 0.6 is 0 Å². The molecule has 1 N–H and O–H groups in total. The van der Waals surface area contributed by atoms with Crippen LogP contribution in [0, 0.1) is 10.1 Å². The number of methoxy groups -OCH3 is 2. The number of oxazole rings is 1. The molecule has 0 spiro atoms. The number of nitro groups is 1. The van der Waals surface area contributed by atoms with E-state index in [2.05, 4.69) is 10.3 Å². The standard InChI is InChI=1S/C24H19N3O6/c1-31-21-9-7-16(13-22(21)32-2)24-26-19-14-17(8-10-20(19)33-24)25-23(28)11-6-15-4-3-5-18(12-15)27(29)30/h3-14H,1-2H3,(H,25,28)/b11-6+. The van der Waals surface area contributed by atoms with Gasteiger partial charge in [-0.25, -0.2) is 4.98 Å². The van der Waals surface area contributed by atoms with Gasteiger partial charge in [-0.2, -0.15) is 0 Å². The van der Waals surface area contributed by atoms with E-state index in [1.165, 1.54) is 24.3 Å². The van der Waals surface area contributed by atoms with Crippen molar-refractivity contribution >= 4 is 34.5 Å². The van der Waals surface area contributed by atoms with E-state index in [4.69, 9.17) is 13.9 Å². The van der Waals surface area contributed by atoms with Crippen molar-refractivity contribution in [2.45, 2.75) is 0 Å². The molecule has 9 nitrogen and oxygen atoms in total. The number of hydrogen-bond donors (Lipinski definition) is 1. The average molecular weight is 445 g/mol. The van der Waals surface area contributed by atoms with Gasteiger partial charge >= 0.3 is 0 Å². The second-order valence-electron chi connectivity index (χ2n) is 6.95. The molecule has 0 aliphatic heterocycles. The number of benzene rings is 3. The van der Waals surface area contributed by atoms with Crippen LogP contribution in [0.25, 0.3) is 28.6 Å². The number of non-ortho nitro benzene ring substituents is 1. The molecule has 1 aromatic heterocycles. The Bertz CT molecular complexity index is 1380. The molecular weight excluding hydrogens is 426 g/mol. The molecule has 0 aliphatic rings. The van der Waals surface area contributed by atoms with E-state index in [1.807, 2.05) is 6.07 Å². The highest BCUT2D eigenvalue weighted by molar-refractivity contribution is 6.02. The van der Waals surface area contributed by atoms with E-state index in [0.717, 1.165) is 0 Å². The van der Waals surface area contributed by atoms with Gasteiger partial charge in [0, 0.05) is 29.5 Å². The number of carbonyl (C=O) groups is 1. The predicted molar refractivity (Wildman–Crippen MR) is 123 cm³/mol. The number of nitro benzene ring substituents is 1. The van der Waals surface area contributed by atoms with Crippen molar-refractivity contribution in [2.24, 2.45) is 0 Å². The van der Waals surface area contributed by atoms with Crippen molar-refractivity contribution in [3.63, 3.8) is 0 Å². The maximum Gasteiger partial charge on any atom is 0.270 e. The largest absolute Gasteiger partial charge is 0.493 e. The van der Waals surface area contributed by atoms with Gasteiger partial charge in [-0.15, -0.1) is 0 Å². The summed E-state index contributed by atoms with van der Waals surface area (Å²) in [5.41, 5.74) is 2.88. The SMILES string of the molecule is COc1ccc(-c2nc3cc(NC(=O)/C=C/c4cccc([N+](=O)[O-])c4)ccc3o2)cc1OC. The van der Waals surface area contributed by atoms with Crippen LogP contribution in [0.5, 0.6) is 11.5 Å². The van der Waals surface area contributed by atoms with Crippen molar-refractivity contribution in [3.05, 3.63) is 82.4 Å². The minimum absolute atomic E-state index is 0.0423. The van der Waals surface area contributed by atoms with Crippen molar-refractivity contribution in [1.82, 2.24) is 4.98 Å². The molecular formula is C24H19N3O6. The summed E-state index contributed by atoms with van der Waals surface area (Å²) in [4.78, 5) is 27.2. The summed E-state index contributed by atoms with van der Waals surface area (Å²) in [6, 6.07) is 16.5. The molecule has 0 radical (unpaired) electrons. The highest BCUT2D eigenvalue weighted by atomic mass is 16.6. The molecule has 33 heavy (non-hydrogen) atoms. The van der Waals surface area contributed by atoms with Crippen LogP contribution in [0.3, 0.4) is 0 Å². The maximum atomic E-state index is 12.3. The molecule has 1 heterocycles. The minimum atomic E-state index is -0.485. The third-order valence-electron chi connectivity index (χ3n) is 4.79. The van der Waals surface area contributed by atoms with Gasteiger partial charge < -0.3 is 19.2 Å². The van der Waals surface area contributed by atoms with Crippen LogP contribution in [0.1, 0.15) is 5.56 Å². The number of aromatic nitrogens is 1. The van der Waals surface area contributed by atoms with Gasteiger partial charge in [0.1, 0.15) is 5.52 Å². The normalized spacial score (nSPS) is 11.0. The van der Waals surface area contributed by atoms with Crippen molar-refractivity contribution in [1.29, 1.82) is 0 Å². The Morgan fingerprint density at radius 2 is 1.88 bits per heavy atom. The first-order valence-corrected chi connectivity index (χ1v) is 9.83. The molecule has 0 atom stereocenters. The molecule has 0 aliphatic carbocycles. The summed E-state index contributed by atoms with van der Waals surface area (Å²) < 4.78 is 16.4. The fraction of sp³-hybridized carbons (Fsp3) is 0.0833. The smallest absolute Gasteiger partial charge is 0.270 e. The number of carbonyl (C=O) groups excluding carboxylic acids is 1. The first-order valence-electron chi connectivity index (χ1n) is 9.83. The highest BCUT2D eigenvalue weighted by Gasteiger charge is 2.13. The third kappa shape index (κ3) is 4.82. The zero-order valence-electron chi connectivity index (χ0n) is 17.8. The topological polar surface area (TPSA) is 117 Å². The number of anilines is 1. The summed E-state index contributed by atoms with van der Waals surface area (Å²) in [5.74, 6) is 1.17. The lowest BCUT2D eigenvalue weighted by Gasteiger charge is -2.07. The van der Waals surface area contributed by atoms with Crippen LogP contribution < -0.4 is 14.8 Å². The lowest BCUT2D eigenvalue weighted by atomic mass is 10.2. The monoisotopic (exact) mass is 445 g/mol. The number of nitrogens with zero attached hydrogens (tertiary/aromatic N) is 2. The van der Waals surface area contributed by atoms with Gasteiger partial charge in [0.05, 0.1) is 19.1 Å². The van der Waals surface area contributed by atoms with Crippen LogP contribution in [0.4, 0.5) is 11.4 Å². The minimum Gasteiger partial charge on any atom is -0.493 e. The van der Waals surface area contributed by atoms with Gasteiger partial charge in [-0.05, 0) is 48.0 Å². The van der Waals surface area contributed by atoms with E-state index < -0.39 is 4.92 Å². The molecule has 1 amide bonds. The first kappa shape index (κ1) is 21.6. The number of rotatable bonds is 7. The van der Waals surface area contributed by atoms with Gasteiger partial charge in [0.15, 0.2) is 17.1 Å². The Labute approximate surface area is 188 Å². The fourth-order valence-electron chi connectivity index (χ4n) is 3.20. The van der Waals surface area contributed by atoms with E-state index in [1.54, 1.807) is 56.7 Å². The Balaban J connectivity index is 1.51. The van der Waals surface area contributed by atoms with E-state index in [9.17, 15) is 14.9 Å². The molecule has 0 unspecified atom stereocenters. The van der Waals surface area contributed by atoms with Crippen LogP contribution in [-0.4, -0.2) is 30.0 Å². The summed E-state index contributed by atoms with van der Waals surface area (Å²) in [6.45, 7) is 0. The molecule has 0 bridgehead atoms. The summed E-state index contributed by atoms with van der Waals surface area (Å²) in [6.07, 6.45) is 2.81. The van der Waals surface area contributed by atoms with Crippen LogP contribution in [-0.2, 0) is 4.79 Å². The van der Waals surface area contributed by atoms with E-state index in [0.29, 0.717) is 45.3 Å². The van der Waals surface area contributed by atoms with Crippen molar-refractivity contribution < 1.29 is 23.6 Å². The van der Waals surface area contributed by atoms with Gasteiger partial charge in [0.2, 0.25) is 11.8 Å². The van der Waals surface area contributed by atoms with E-state index >= 15 is 0 Å². The molecule has 0 saturated heterocycles. The second kappa shape index (κ2) is 9.23. The van der Waals surface area contributed by atoms with Crippen LogP contribution in [0.15, 0.2) is 71.2 Å². The van der Waals surface area contributed by atoms with Gasteiger partial charge in [0.25, 0.3) is 5.69 Å². The lowest BCUT2D eigenvalue weighted by molar-refractivity contribution is -0.384. The van der Waals surface area contributed by atoms with Crippen LogP contribution in [0.2, 0.25) is 0 Å². The molecule has 0 saturated carbocycles. The Kier molecular flexibility index (Phi) is 6.03. The zero-order chi connectivity index (χ0) is 23.4. The predicted octanol–water partition coefficient (Wildman–Crippen LogP) is 5.07. The van der Waals surface area contributed by atoms with Crippen molar-refractivity contribution in [3.8, 4) is 23.0 Å². The Morgan fingerprint density at radius 1 is 1.06 bits per heavy atom. The summed E-state index contributed by atoms with van der Waals surface area (Å²) in [5, 5.41) is 13.6. The quantitative estimate of drug-likeness (QED) is 0.240. The molecule has 166 valence electrons. The lowest BCUT2D eigenvalue weighted by Crippen LogP contribution is -2.07. The molecule has 4 aromatic rings. The highest BCUT2D eigenvalue weighted by Crippen LogP contribution is 2.33. The number of hydrogen-bond acceptors (Lipinski definition) is 7. The Hall–Kier alpha value is -4.66. The average Bonchev–Trinajstić information content (AvgIpc) is 3.26. The Morgan fingerprint density at radius 3 is 2.64 bits per heavy atom. The number of fused-ring (bicyclic) bond motifs is 1. The molecule has 9 heteroatoms. The maximum absolute atomic E-state index is 12.3. The number of amides is 1. The number of nitrogens with one attached hydrogen (secondary N) is 1. The van der Waals surface area contributed by atoms with E-state index in [-0.39, 0.29) is 11.6 Å². The zero-order valence-corrected chi connectivity index (χ0v) is 17.8. The number of ether oxygens (including phenoxy) is 2. The summed E-state index contributed by atoms with van der Waals surface area (Å²) >= 11 is 0. The van der Waals surface area contributed by atoms with Gasteiger partial charge in [-0.3, -0.25) is 14.9 Å². The molecule has 4 rings (SSSR count). The van der Waals surface area contributed by atoms with Gasteiger partial charge in [-0.1, -0.05) is 12.1 Å². The summed E-state index contributed by atoms with van der Waals surface area (Å²) in [7, 11) is 3.11. The molecule has 3 aromatic carbocycles. The third-order valence-corrected chi connectivity index (χ3v) is 4.79. The van der Waals surface area contributed by atoms with Crippen molar-refractivity contribution in [2.75, 3.05) is 19.5 Å². The molecule has 0 fully saturated rings. The fourth-order valence-corrected chi connectivity index (χ4v) is 3.20. The second-order valence-corrected chi connectivity index (χ2v) is 6.95.